The van der Waals surface area contributed by atoms with Gasteiger partial charge in [0, 0.05) is 38.1 Å². The van der Waals surface area contributed by atoms with Gasteiger partial charge in [-0.15, -0.1) is 0 Å². The van der Waals surface area contributed by atoms with Crippen LogP contribution in [0.25, 0.3) is 0 Å². The molecular weight excluding hydrogens is 248 g/mol. The zero-order valence-electron chi connectivity index (χ0n) is 13.0. The topological polar surface area (TPSA) is 21.8 Å². The van der Waals surface area contributed by atoms with E-state index in [-0.39, 0.29) is 0 Å². The standard InChI is InChI=1S/C16H30N4/c1-18-7-4-15(5-8-18)10-19(11-15)14-20-12-16(13-20)3-2-6-17-9-16/h17H,2-14H2,1H3. The number of likely N-dealkylation sites (tertiary alicyclic amines) is 3. The summed E-state index contributed by atoms with van der Waals surface area (Å²) in [5.41, 5.74) is 1.34. The SMILES string of the molecule is CN1CCC2(CC1)CN(CN1CC3(CCCNC3)C1)C2. The second-order valence-electron chi connectivity index (χ2n) is 8.20. The van der Waals surface area contributed by atoms with Crippen molar-refractivity contribution in [3.8, 4) is 0 Å². The quantitative estimate of drug-likeness (QED) is 0.801. The molecule has 4 saturated heterocycles. The molecule has 1 N–H and O–H groups in total. The number of nitrogens with zero attached hydrogens (tertiary/aromatic N) is 3. The predicted molar refractivity (Wildman–Crippen MR) is 81.7 cm³/mol. The van der Waals surface area contributed by atoms with Crippen LogP contribution in [0.5, 0.6) is 0 Å². The van der Waals surface area contributed by atoms with Gasteiger partial charge in [0.25, 0.3) is 0 Å². The van der Waals surface area contributed by atoms with Gasteiger partial charge in [0.05, 0.1) is 6.67 Å². The molecular formula is C16H30N4. The van der Waals surface area contributed by atoms with Crippen LogP contribution in [0.3, 0.4) is 0 Å². The van der Waals surface area contributed by atoms with E-state index in [1.807, 2.05) is 0 Å². The first-order valence-electron chi connectivity index (χ1n) is 8.51. The number of hydrogen-bond acceptors (Lipinski definition) is 4. The van der Waals surface area contributed by atoms with Gasteiger partial charge in [-0.2, -0.15) is 0 Å². The van der Waals surface area contributed by atoms with Crippen LogP contribution in [0.4, 0.5) is 0 Å². The third-order valence-corrected chi connectivity index (χ3v) is 6.24. The molecule has 0 unspecified atom stereocenters. The van der Waals surface area contributed by atoms with E-state index in [9.17, 15) is 0 Å². The maximum absolute atomic E-state index is 3.59. The van der Waals surface area contributed by atoms with Crippen LogP contribution in [-0.4, -0.2) is 80.8 Å². The molecule has 0 amide bonds. The Labute approximate surface area is 123 Å². The van der Waals surface area contributed by atoms with Crippen LogP contribution in [-0.2, 0) is 0 Å². The molecule has 4 rings (SSSR count). The van der Waals surface area contributed by atoms with Gasteiger partial charge in [0.15, 0.2) is 0 Å². The highest BCUT2D eigenvalue weighted by atomic mass is 15.4. The molecule has 0 aromatic heterocycles. The molecule has 4 aliphatic heterocycles. The summed E-state index contributed by atoms with van der Waals surface area (Å²) < 4.78 is 0. The molecule has 114 valence electrons. The first kappa shape index (κ1) is 13.5. The van der Waals surface area contributed by atoms with Crippen molar-refractivity contribution in [1.82, 2.24) is 20.0 Å². The molecule has 4 aliphatic rings. The average Bonchev–Trinajstić information content (AvgIpc) is 2.39. The van der Waals surface area contributed by atoms with Crippen LogP contribution < -0.4 is 5.32 Å². The zero-order chi connectivity index (χ0) is 13.6. The lowest BCUT2D eigenvalue weighted by Crippen LogP contribution is -2.68. The van der Waals surface area contributed by atoms with Gasteiger partial charge in [-0.1, -0.05) is 0 Å². The summed E-state index contributed by atoms with van der Waals surface area (Å²) in [6.07, 6.45) is 5.68. The summed E-state index contributed by atoms with van der Waals surface area (Å²) in [4.78, 5) is 7.85. The lowest BCUT2D eigenvalue weighted by molar-refractivity contribution is -0.110. The molecule has 2 spiro atoms. The molecule has 0 aromatic carbocycles. The maximum Gasteiger partial charge on any atom is 0.0507 e. The number of hydrogen-bond donors (Lipinski definition) is 1. The van der Waals surface area contributed by atoms with Gasteiger partial charge < -0.3 is 10.2 Å². The molecule has 0 aliphatic carbocycles. The number of nitrogens with one attached hydrogen (secondary N) is 1. The summed E-state index contributed by atoms with van der Waals surface area (Å²) in [6, 6.07) is 0. The number of rotatable bonds is 2. The first-order chi connectivity index (χ1) is 9.67. The van der Waals surface area contributed by atoms with Crippen molar-refractivity contribution in [2.75, 3.05) is 66.1 Å². The predicted octanol–water partition coefficient (Wildman–Crippen LogP) is 0.657. The third kappa shape index (κ3) is 2.41. The Balaban J connectivity index is 1.20. The fourth-order valence-electron chi connectivity index (χ4n) is 5.00. The van der Waals surface area contributed by atoms with Crippen LogP contribution in [0.2, 0.25) is 0 Å². The minimum atomic E-state index is 0.647. The highest BCUT2D eigenvalue weighted by molar-refractivity contribution is 5.01. The highest BCUT2D eigenvalue weighted by Crippen LogP contribution is 2.42. The monoisotopic (exact) mass is 278 g/mol. The lowest BCUT2D eigenvalue weighted by atomic mass is 9.71. The normalized spacial score (nSPS) is 34.0. The van der Waals surface area contributed by atoms with Crippen molar-refractivity contribution in [2.45, 2.75) is 25.7 Å². The molecule has 0 radical (unpaired) electrons. The van der Waals surface area contributed by atoms with Crippen LogP contribution in [0.15, 0.2) is 0 Å². The van der Waals surface area contributed by atoms with Gasteiger partial charge in [-0.05, 0) is 57.8 Å². The zero-order valence-corrected chi connectivity index (χ0v) is 13.0. The van der Waals surface area contributed by atoms with Crippen molar-refractivity contribution in [3.05, 3.63) is 0 Å². The Morgan fingerprint density at radius 1 is 0.900 bits per heavy atom. The fourth-order valence-corrected chi connectivity index (χ4v) is 5.00. The van der Waals surface area contributed by atoms with Crippen molar-refractivity contribution in [1.29, 1.82) is 0 Å². The van der Waals surface area contributed by atoms with Gasteiger partial charge in [0.2, 0.25) is 0 Å². The van der Waals surface area contributed by atoms with Crippen LogP contribution >= 0.6 is 0 Å². The van der Waals surface area contributed by atoms with Crippen molar-refractivity contribution < 1.29 is 0 Å². The Morgan fingerprint density at radius 3 is 2.15 bits per heavy atom. The largest absolute Gasteiger partial charge is 0.316 e. The van der Waals surface area contributed by atoms with E-state index >= 15 is 0 Å². The number of piperidine rings is 2. The Morgan fingerprint density at radius 2 is 1.55 bits per heavy atom. The molecule has 0 bridgehead atoms. The van der Waals surface area contributed by atoms with Crippen LogP contribution in [0.1, 0.15) is 25.7 Å². The second kappa shape index (κ2) is 4.94. The molecule has 20 heavy (non-hydrogen) atoms. The van der Waals surface area contributed by atoms with Crippen molar-refractivity contribution in [3.63, 3.8) is 0 Å². The molecule has 4 heterocycles. The molecule has 4 nitrogen and oxygen atoms in total. The molecule has 4 fully saturated rings. The van der Waals surface area contributed by atoms with Crippen molar-refractivity contribution >= 4 is 0 Å². The smallest absolute Gasteiger partial charge is 0.0507 e. The second-order valence-corrected chi connectivity index (χ2v) is 8.20. The first-order valence-corrected chi connectivity index (χ1v) is 8.51. The van der Waals surface area contributed by atoms with E-state index in [2.05, 4.69) is 27.1 Å². The van der Waals surface area contributed by atoms with Crippen molar-refractivity contribution in [2.24, 2.45) is 10.8 Å². The van der Waals surface area contributed by atoms with Gasteiger partial charge in [0.1, 0.15) is 0 Å². The molecule has 4 heteroatoms. The summed E-state index contributed by atoms with van der Waals surface area (Å²) in [6.45, 7) is 11.8. The molecule has 0 saturated carbocycles. The van der Waals surface area contributed by atoms with E-state index in [1.165, 1.54) is 84.7 Å². The van der Waals surface area contributed by atoms with Gasteiger partial charge >= 0.3 is 0 Å². The van der Waals surface area contributed by atoms with E-state index in [0.717, 1.165) is 0 Å². The van der Waals surface area contributed by atoms with Gasteiger partial charge in [-0.3, -0.25) is 9.80 Å². The third-order valence-electron chi connectivity index (χ3n) is 6.24. The minimum absolute atomic E-state index is 0.647. The minimum Gasteiger partial charge on any atom is -0.316 e. The molecule has 0 atom stereocenters. The highest BCUT2D eigenvalue weighted by Gasteiger charge is 2.48. The van der Waals surface area contributed by atoms with E-state index in [4.69, 9.17) is 0 Å². The summed E-state index contributed by atoms with van der Waals surface area (Å²) in [7, 11) is 2.26. The van der Waals surface area contributed by atoms with E-state index in [0.29, 0.717) is 10.8 Å². The Bertz CT molecular complexity index is 339. The average molecular weight is 278 g/mol. The molecule has 0 aromatic rings. The van der Waals surface area contributed by atoms with E-state index < -0.39 is 0 Å². The Kier molecular flexibility index (Phi) is 3.33. The summed E-state index contributed by atoms with van der Waals surface area (Å²) in [5.74, 6) is 0. The maximum atomic E-state index is 3.59. The van der Waals surface area contributed by atoms with Crippen LogP contribution in [0, 0.1) is 10.8 Å². The van der Waals surface area contributed by atoms with E-state index in [1.54, 1.807) is 0 Å². The summed E-state index contributed by atoms with van der Waals surface area (Å²) >= 11 is 0. The van der Waals surface area contributed by atoms with Gasteiger partial charge in [-0.25, -0.2) is 0 Å². The summed E-state index contributed by atoms with van der Waals surface area (Å²) in [5, 5.41) is 3.59. The fraction of sp³-hybridized carbons (Fsp3) is 1.00. The Hall–Kier alpha value is -0.160. The lowest BCUT2D eigenvalue weighted by Gasteiger charge is -2.58.